The summed E-state index contributed by atoms with van der Waals surface area (Å²) in [5.41, 5.74) is 4.26. The first-order valence-corrected chi connectivity index (χ1v) is 7.25. The molecule has 0 saturated carbocycles. The van der Waals surface area contributed by atoms with Crippen LogP contribution in [0.4, 0.5) is 0 Å². The molecule has 2 heterocycles. The molecular weight excluding hydrogens is 240 g/mol. The van der Waals surface area contributed by atoms with E-state index in [1.165, 1.54) is 16.8 Å². The summed E-state index contributed by atoms with van der Waals surface area (Å²) in [4.78, 5) is 4.61. The molecule has 18 heavy (non-hydrogen) atoms. The maximum Gasteiger partial charge on any atom is 0.0897 e. The number of nitrogens with zero attached hydrogens (tertiary/aromatic N) is 1. The van der Waals surface area contributed by atoms with Crippen LogP contribution >= 0.6 is 11.3 Å². The molecule has 1 aliphatic heterocycles. The Morgan fingerprint density at radius 2 is 1.94 bits per heavy atom. The van der Waals surface area contributed by atoms with Crippen LogP contribution in [0.3, 0.4) is 0 Å². The predicted molar refractivity (Wildman–Crippen MR) is 76.3 cm³/mol. The van der Waals surface area contributed by atoms with E-state index in [0.29, 0.717) is 0 Å². The molecule has 0 unspecified atom stereocenters. The Bertz CT molecular complexity index is 538. The van der Waals surface area contributed by atoms with Crippen molar-refractivity contribution in [3.8, 4) is 0 Å². The molecule has 0 atom stereocenters. The molecule has 1 fully saturated rings. The molecule has 94 valence electrons. The normalized spacial score (nSPS) is 17.4. The van der Waals surface area contributed by atoms with Gasteiger partial charge in [0, 0.05) is 30.3 Å². The van der Waals surface area contributed by atoms with Gasteiger partial charge in [0.25, 0.3) is 0 Å². The van der Waals surface area contributed by atoms with Crippen LogP contribution in [-0.4, -0.2) is 18.1 Å². The van der Waals surface area contributed by atoms with E-state index in [2.05, 4.69) is 53.8 Å². The van der Waals surface area contributed by atoms with Gasteiger partial charge >= 0.3 is 0 Å². The molecule has 1 N–H and O–H groups in total. The number of aromatic nitrogens is 1. The fraction of sp³-hybridized carbons (Fsp3) is 0.400. The van der Waals surface area contributed by atoms with Gasteiger partial charge < -0.3 is 5.32 Å². The Morgan fingerprint density at radius 1 is 1.22 bits per heavy atom. The average Bonchev–Trinajstić information content (AvgIpc) is 2.71. The van der Waals surface area contributed by atoms with Gasteiger partial charge in [-0.25, -0.2) is 4.98 Å². The molecule has 0 amide bonds. The van der Waals surface area contributed by atoms with Gasteiger partial charge in [0.05, 0.1) is 10.7 Å². The summed E-state index contributed by atoms with van der Waals surface area (Å²) in [6.07, 6.45) is 1.05. The van der Waals surface area contributed by atoms with Crippen molar-refractivity contribution in [3.05, 3.63) is 51.5 Å². The summed E-state index contributed by atoms with van der Waals surface area (Å²) < 4.78 is 0. The van der Waals surface area contributed by atoms with E-state index in [0.717, 1.165) is 24.5 Å². The van der Waals surface area contributed by atoms with Crippen LogP contribution in [0.15, 0.2) is 29.6 Å². The second-order valence-corrected chi connectivity index (χ2v) is 6.35. The maximum absolute atomic E-state index is 4.61. The number of nitrogens with one attached hydrogen (secondary N) is 1. The van der Waals surface area contributed by atoms with Crippen molar-refractivity contribution in [2.75, 3.05) is 13.1 Å². The topological polar surface area (TPSA) is 24.9 Å². The van der Waals surface area contributed by atoms with Gasteiger partial charge in [0.15, 0.2) is 0 Å². The van der Waals surface area contributed by atoms with E-state index in [4.69, 9.17) is 0 Å². The van der Waals surface area contributed by atoms with E-state index < -0.39 is 0 Å². The van der Waals surface area contributed by atoms with Crippen LogP contribution in [-0.2, 0) is 11.8 Å². The Labute approximate surface area is 112 Å². The fourth-order valence-corrected chi connectivity index (χ4v) is 3.21. The molecule has 0 radical (unpaired) electrons. The fourth-order valence-electron chi connectivity index (χ4n) is 2.60. The predicted octanol–water partition coefficient (Wildman–Crippen LogP) is 2.84. The minimum atomic E-state index is 0.258. The molecule has 1 aromatic carbocycles. The molecule has 2 aromatic rings. The Kier molecular flexibility index (Phi) is 2.96. The number of benzene rings is 1. The lowest BCUT2D eigenvalue weighted by Gasteiger charge is -2.43. The van der Waals surface area contributed by atoms with Crippen molar-refractivity contribution in [1.29, 1.82) is 0 Å². The molecule has 1 aromatic heterocycles. The lowest BCUT2D eigenvalue weighted by Crippen LogP contribution is -2.58. The van der Waals surface area contributed by atoms with Crippen LogP contribution in [0.1, 0.15) is 21.8 Å². The van der Waals surface area contributed by atoms with E-state index in [1.807, 2.05) is 0 Å². The molecule has 3 rings (SSSR count). The highest BCUT2D eigenvalue weighted by molar-refractivity contribution is 7.09. The average molecular weight is 258 g/mol. The Morgan fingerprint density at radius 3 is 2.44 bits per heavy atom. The van der Waals surface area contributed by atoms with Gasteiger partial charge in [-0.2, -0.15) is 0 Å². The lowest BCUT2D eigenvalue weighted by molar-refractivity contribution is 0.273. The zero-order valence-electron chi connectivity index (χ0n) is 10.9. The van der Waals surface area contributed by atoms with Gasteiger partial charge in [0.1, 0.15) is 0 Å². The van der Waals surface area contributed by atoms with Crippen molar-refractivity contribution in [1.82, 2.24) is 10.3 Å². The monoisotopic (exact) mass is 258 g/mol. The summed E-state index contributed by atoms with van der Waals surface area (Å²) in [6.45, 7) is 6.34. The van der Waals surface area contributed by atoms with Crippen LogP contribution in [0.5, 0.6) is 0 Å². The summed E-state index contributed by atoms with van der Waals surface area (Å²) in [7, 11) is 0. The highest BCUT2D eigenvalue weighted by atomic mass is 32.1. The van der Waals surface area contributed by atoms with Crippen molar-refractivity contribution in [3.63, 3.8) is 0 Å². The largest absolute Gasteiger partial charge is 0.315 e. The van der Waals surface area contributed by atoms with E-state index in [-0.39, 0.29) is 5.41 Å². The SMILES string of the molecule is Cc1ccc(C2(Cc3csc(C)n3)CNC2)cc1. The van der Waals surface area contributed by atoms with Gasteiger partial charge in [-0.05, 0) is 19.4 Å². The number of hydrogen-bond donors (Lipinski definition) is 1. The van der Waals surface area contributed by atoms with E-state index >= 15 is 0 Å². The minimum Gasteiger partial charge on any atom is -0.315 e. The van der Waals surface area contributed by atoms with E-state index in [9.17, 15) is 0 Å². The third-order valence-electron chi connectivity index (χ3n) is 3.78. The van der Waals surface area contributed by atoms with Gasteiger partial charge in [-0.1, -0.05) is 29.8 Å². The van der Waals surface area contributed by atoms with Gasteiger partial charge in [-0.15, -0.1) is 11.3 Å². The summed E-state index contributed by atoms with van der Waals surface area (Å²) in [5.74, 6) is 0. The third-order valence-corrected chi connectivity index (χ3v) is 4.60. The first-order valence-electron chi connectivity index (χ1n) is 6.37. The second-order valence-electron chi connectivity index (χ2n) is 5.28. The molecule has 1 aliphatic rings. The molecule has 0 bridgehead atoms. The van der Waals surface area contributed by atoms with Crippen LogP contribution in [0.2, 0.25) is 0 Å². The zero-order valence-corrected chi connectivity index (χ0v) is 11.7. The first kappa shape index (κ1) is 11.9. The number of hydrogen-bond acceptors (Lipinski definition) is 3. The standard InChI is InChI=1S/C15H18N2S/c1-11-3-5-13(6-4-11)15(9-16-10-15)7-14-8-18-12(2)17-14/h3-6,8,16H,7,9-10H2,1-2H3. The summed E-state index contributed by atoms with van der Waals surface area (Å²) in [5, 5.41) is 6.78. The molecular formula is C15H18N2S. The van der Waals surface area contributed by atoms with Crippen LogP contribution in [0.25, 0.3) is 0 Å². The molecule has 3 heteroatoms. The number of rotatable bonds is 3. The first-order chi connectivity index (χ1) is 8.68. The Hall–Kier alpha value is -1.19. The third kappa shape index (κ3) is 2.08. The Balaban J connectivity index is 1.88. The summed E-state index contributed by atoms with van der Waals surface area (Å²) in [6, 6.07) is 8.97. The summed E-state index contributed by atoms with van der Waals surface area (Å²) >= 11 is 1.75. The van der Waals surface area contributed by atoms with E-state index in [1.54, 1.807) is 11.3 Å². The smallest absolute Gasteiger partial charge is 0.0897 e. The second kappa shape index (κ2) is 4.48. The minimum absolute atomic E-state index is 0.258. The lowest BCUT2D eigenvalue weighted by atomic mass is 9.72. The van der Waals surface area contributed by atoms with Crippen molar-refractivity contribution in [2.24, 2.45) is 0 Å². The molecule has 2 nitrogen and oxygen atoms in total. The van der Waals surface area contributed by atoms with Gasteiger partial charge in [-0.3, -0.25) is 0 Å². The maximum atomic E-state index is 4.61. The van der Waals surface area contributed by atoms with Crippen LogP contribution < -0.4 is 5.32 Å². The molecule has 0 aliphatic carbocycles. The van der Waals surface area contributed by atoms with Crippen molar-refractivity contribution in [2.45, 2.75) is 25.7 Å². The molecule has 1 saturated heterocycles. The number of aryl methyl sites for hydroxylation is 2. The quantitative estimate of drug-likeness (QED) is 0.915. The highest BCUT2D eigenvalue weighted by Gasteiger charge is 2.39. The molecule has 0 spiro atoms. The van der Waals surface area contributed by atoms with Gasteiger partial charge in [0.2, 0.25) is 0 Å². The highest BCUT2D eigenvalue weighted by Crippen LogP contribution is 2.32. The van der Waals surface area contributed by atoms with Crippen LogP contribution in [0, 0.1) is 13.8 Å². The number of thiazole rings is 1. The zero-order chi connectivity index (χ0) is 12.6. The van der Waals surface area contributed by atoms with Crippen molar-refractivity contribution < 1.29 is 0 Å². The van der Waals surface area contributed by atoms with Crippen molar-refractivity contribution >= 4 is 11.3 Å².